The molecule has 1 fully saturated rings. The normalized spacial score (nSPS) is 14.9. The third kappa shape index (κ3) is 2.96. The molecule has 1 aliphatic carbocycles. The first kappa shape index (κ1) is 14.5. The van der Waals surface area contributed by atoms with Gasteiger partial charge in [0, 0.05) is 17.5 Å². The van der Waals surface area contributed by atoms with Crippen molar-refractivity contribution in [2.75, 3.05) is 16.9 Å². The van der Waals surface area contributed by atoms with Crippen molar-refractivity contribution in [2.45, 2.75) is 46.1 Å². The van der Waals surface area contributed by atoms with Crippen LogP contribution >= 0.6 is 11.3 Å². The summed E-state index contributed by atoms with van der Waals surface area (Å²) < 4.78 is 0. The molecule has 5 nitrogen and oxygen atoms in total. The highest BCUT2D eigenvalue weighted by Gasteiger charge is 2.32. The summed E-state index contributed by atoms with van der Waals surface area (Å²) in [6.45, 7) is 7.70. The van der Waals surface area contributed by atoms with Gasteiger partial charge >= 0.3 is 0 Å². The topological polar surface area (TPSA) is 67.1 Å². The fourth-order valence-corrected chi connectivity index (χ4v) is 3.56. The average Bonchev–Trinajstić information content (AvgIpc) is 3.22. The van der Waals surface area contributed by atoms with Gasteiger partial charge in [-0.05, 0) is 31.2 Å². The molecule has 2 aromatic heterocycles. The van der Waals surface area contributed by atoms with Crippen LogP contribution < -0.4 is 16.2 Å². The molecule has 1 saturated carbocycles. The maximum absolute atomic E-state index is 5.55. The van der Waals surface area contributed by atoms with Crippen molar-refractivity contribution < 1.29 is 0 Å². The number of hydrogen-bond acceptors (Lipinski definition) is 6. The van der Waals surface area contributed by atoms with E-state index in [0.29, 0.717) is 17.9 Å². The van der Waals surface area contributed by atoms with Gasteiger partial charge in [0.15, 0.2) is 0 Å². The number of aryl methyl sites for hydroxylation is 1. The van der Waals surface area contributed by atoms with Crippen molar-refractivity contribution in [1.29, 1.82) is 0 Å². The molecule has 2 heterocycles. The van der Waals surface area contributed by atoms with E-state index in [1.54, 1.807) is 11.3 Å². The first-order chi connectivity index (χ1) is 10.1. The van der Waals surface area contributed by atoms with Crippen LogP contribution in [0.15, 0.2) is 6.07 Å². The highest BCUT2D eigenvalue weighted by molar-refractivity contribution is 7.18. The van der Waals surface area contributed by atoms with Crippen LogP contribution in [0.1, 0.15) is 38.5 Å². The number of anilines is 2. The molecule has 6 heteroatoms. The summed E-state index contributed by atoms with van der Waals surface area (Å²) in [7, 11) is 0. The zero-order chi connectivity index (χ0) is 15.0. The molecule has 0 bridgehead atoms. The molecule has 0 unspecified atom stereocenters. The van der Waals surface area contributed by atoms with Gasteiger partial charge in [0.05, 0.1) is 5.39 Å². The second-order valence-corrected chi connectivity index (χ2v) is 7.19. The minimum atomic E-state index is 0.511. The Hall–Kier alpha value is -1.40. The minimum Gasteiger partial charge on any atom is -0.353 e. The molecular weight excluding hydrogens is 282 g/mol. The summed E-state index contributed by atoms with van der Waals surface area (Å²) in [4.78, 5) is 14.0. The SMILES string of the molecule is CCc1cc2c(N(CC(C)C)C3CC3)nc(NN)nc2s1. The fourth-order valence-electron chi connectivity index (χ4n) is 2.60. The van der Waals surface area contributed by atoms with E-state index in [0.717, 1.165) is 23.6 Å². The Morgan fingerprint density at radius 3 is 2.76 bits per heavy atom. The largest absolute Gasteiger partial charge is 0.353 e. The van der Waals surface area contributed by atoms with E-state index < -0.39 is 0 Å². The third-order valence-electron chi connectivity index (χ3n) is 3.72. The van der Waals surface area contributed by atoms with Crippen LogP contribution in [0.3, 0.4) is 0 Å². The van der Waals surface area contributed by atoms with Crippen LogP contribution in [0.2, 0.25) is 0 Å². The second kappa shape index (κ2) is 5.77. The smallest absolute Gasteiger partial charge is 0.240 e. The van der Waals surface area contributed by atoms with Crippen molar-refractivity contribution in [3.05, 3.63) is 10.9 Å². The lowest BCUT2D eigenvalue weighted by molar-refractivity contribution is 0.604. The molecule has 3 rings (SSSR count). The number of nitrogens with zero attached hydrogens (tertiary/aromatic N) is 3. The summed E-state index contributed by atoms with van der Waals surface area (Å²) in [6.07, 6.45) is 3.54. The number of nitrogens with one attached hydrogen (secondary N) is 1. The molecular formula is C15H23N5S. The Labute approximate surface area is 129 Å². The minimum absolute atomic E-state index is 0.511. The monoisotopic (exact) mass is 305 g/mol. The molecule has 0 aromatic carbocycles. The summed E-state index contributed by atoms with van der Waals surface area (Å²) in [5.74, 6) is 7.71. The van der Waals surface area contributed by atoms with Crippen LogP contribution in [0.25, 0.3) is 10.2 Å². The third-order valence-corrected chi connectivity index (χ3v) is 4.90. The van der Waals surface area contributed by atoms with E-state index in [-0.39, 0.29) is 0 Å². The number of nitrogens with two attached hydrogens (primary N) is 1. The quantitative estimate of drug-likeness (QED) is 0.634. The summed E-state index contributed by atoms with van der Waals surface area (Å²) in [5, 5.41) is 1.17. The summed E-state index contributed by atoms with van der Waals surface area (Å²) in [5.41, 5.74) is 2.61. The Morgan fingerprint density at radius 1 is 1.43 bits per heavy atom. The first-order valence-electron chi connectivity index (χ1n) is 7.66. The van der Waals surface area contributed by atoms with E-state index in [1.807, 2.05) is 0 Å². The zero-order valence-corrected chi connectivity index (χ0v) is 13.7. The maximum Gasteiger partial charge on any atom is 0.240 e. The van der Waals surface area contributed by atoms with Crippen LogP contribution in [0.5, 0.6) is 0 Å². The van der Waals surface area contributed by atoms with Crippen molar-refractivity contribution >= 4 is 33.3 Å². The van der Waals surface area contributed by atoms with Gasteiger partial charge < -0.3 is 4.90 Å². The van der Waals surface area contributed by atoms with E-state index in [9.17, 15) is 0 Å². The van der Waals surface area contributed by atoms with Gasteiger partial charge in [0.1, 0.15) is 10.6 Å². The van der Waals surface area contributed by atoms with Crippen molar-refractivity contribution in [1.82, 2.24) is 9.97 Å². The number of thiophene rings is 1. The van der Waals surface area contributed by atoms with Gasteiger partial charge in [0.2, 0.25) is 5.95 Å². The summed E-state index contributed by atoms with van der Waals surface area (Å²) >= 11 is 1.74. The number of fused-ring (bicyclic) bond motifs is 1. The summed E-state index contributed by atoms with van der Waals surface area (Å²) in [6, 6.07) is 2.87. The first-order valence-corrected chi connectivity index (χ1v) is 8.47. The Bertz CT molecular complexity index is 632. The van der Waals surface area contributed by atoms with E-state index >= 15 is 0 Å². The Balaban J connectivity index is 2.11. The number of nitrogen functional groups attached to an aromatic ring is 1. The highest BCUT2D eigenvalue weighted by Crippen LogP contribution is 2.38. The predicted octanol–water partition coefficient (Wildman–Crippen LogP) is 3.16. The van der Waals surface area contributed by atoms with E-state index in [4.69, 9.17) is 5.84 Å². The average molecular weight is 305 g/mol. The van der Waals surface area contributed by atoms with E-state index in [2.05, 4.69) is 47.1 Å². The molecule has 21 heavy (non-hydrogen) atoms. The number of hydrazine groups is 1. The van der Waals surface area contributed by atoms with E-state index in [1.165, 1.54) is 23.1 Å². The molecule has 0 radical (unpaired) electrons. The predicted molar refractivity (Wildman–Crippen MR) is 89.8 cm³/mol. The standard InChI is InChI=1S/C15H23N5S/c1-4-11-7-12-13(17-15(19-16)18-14(12)21-11)20(8-9(2)3)10-5-6-10/h7,9-10H,4-6,8,16H2,1-3H3,(H,17,18,19). The fraction of sp³-hybridized carbons (Fsp3) is 0.600. The van der Waals surface area contributed by atoms with Crippen LogP contribution in [0.4, 0.5) is 11.8 Å². The lowest BCUT2D eigenvalue weighted by Crippen LogP contribution is -2.31. The molecule has 0 amide bonds. The molecule has 114 valence electrons. The lowest BCUT2D eigenvalue weighted by Gasteiger charge is -2.26. The molecule has 0 saturated heterocycles. The molecule has 0 spiro atoms. The van der Waals surface area contributed by atoms with Crippen LogP contribution in [-0.2, 0) is 6.42 Å². The van der Waals surface area contributed by atoms with Crippen molar-refractivity contribution in [2.24, 2.45) is 11.8 Å². The Kier molecular flexibility index (Phi) is 3.99. The Morgan fingerprint density at radius 2 is 2.19 bits per heavy atom. The van der Waals surface area contributed by atoms with Crippen molar-refractivity contribution in [3.63, 3.8) is 0 Å². The number of rotatable bonds is 6. The maximum atomic E-state index is 5.55. The van der Waals surface area contributed by atoms with Gasteiger partial charge in [-0.3, -0.25) is 5.43 Å². The highest BCUT2D eigenvalue weighted by atomic mass is 32.1. The van der Waals surface area contributed by atoms with Gasteiger partial charge in [-0.25, -0.2) is 10.8 Å². The number of aromatic nitrogens is 2. The van der Waals surface area contributed by atoms with Gasteiger partial charge in [0.25, 0.3) is 0 Å². The van der Waals surface area contributed by atoms with Crippen LogP contribution in [-0.4, -0.2) is 22.6 Å². The molecule has 0 atom stereocenters. The van der Waals surface area contributed by atoms with Crippen molar-refractivity contribution in [3.8, 4) is 0 Å². The molecule has 3 N–H and O–H groups in total. The lowest BCUT2D eigenvalue weighted by atomic mass is 10.2. The molecule has 1 aliphatic rings. The van der Waals surface area contributed by atoms with Gasteiger partial charge in [-0.2, -0.15) is 4.98 Å². The molecule has 2 aromatic rings. The molecule has 0 aliphatic heterocycles. The van der Waals surface area contributed by atoms with Gasteiger partial charge in [-0.1, -0.05) is 20.8 Å². The van der Waals surface area contributed by atoms with Crippen LogP contribution in [0, 0.1) is 5.92 Å². The zero-order valence-electron chi connectivity index (χ0n) is 12.9. The number of hydrogen-bond donors (Lipinski definition) is 2. The van der Waals surface area contributed by atoms with Gasteiger partial charge in [-0.15, -0.1) is 11.3 Å². The second-order valence-electron chi connectivity index (χ2n) is 6.08.